The van der Waals surface area contributed by atoms with Crippen molar-refractivity contribution in [2.24, 2.45) is 0 Å². The SMILES string of the molecule is Cc1cccc(NC[C@H](O)CO)c1F. The second-order valence-electron chi connectivity index (χ2n) is 3.15. The number of aryl methyl sites for hydroxylation is 1. The molecule has 0 heterocycles. The number of benzene rings is 1. The fraction of sp³-hybridized carbons (Fsp3) is 0.400. The summed E-state index contributed by atoms with van der Waals surface area (Å²) in [7, 11) is 0. The average molecular weight is 199 g/mol. The molecule has 0 fully saturated rings. The van der Waals surface area contributed by atoms with Crippen molar-refractivity contribution < 1.29 is 14.6 Å². The van der Waals surface area contributed by atoms with Crippen LogP contribution in [0.25, 0.3) is 0 Å². The van der Waals surface area contributed by atoms with E-state index in [1.165, 1.54) is 0 Å². The zero-order valence-corrected chi connectivity index (χ0v) is 8.00. The molecule has 4 heteroatoms. The van der Waals surface area contributed by atoms with Crippen molar-refractivity contribution in [3.8, 4) is 0 Å². The molecule has 0 radical (unpaired) electrons. The number of hydrogen-bond acceptors (Lipinski definition) is 3. The number of rotatable bonds is 4. The highest BCUT2D eigenvalue weighted by molar-refractivity contribution is 5.47. The minimum atomic E-state index is -0.866. The normalized spacial score (nSPS) is 12.6. The molecule has 0 saturated heterocycles. The lowest BCUT2D eigenvalue weighted by molar-refractivity contribution is 0.105. The standard InChI is InChI=1S/C10H14FNO2/c1-7-3-2-4-9(10(7)11)12-5-8(14)6-13/h2-4,8,12-14H,5-6H2,1H3/t8-/m0/s1. The highest BCUT2D eigenvalue weighted by Gasteiger charge is 2.06. The van der Waals surface area contributed by atoms with E-state index < -0.39 is 6.10 Å². The van der Waals surface area contributed by atoms with Crippen molar-refractivity contribution in [3.05, 3.63) is 29.6 Å². The molecule has 0 unspecified atom stereocenters. The Balaban J connectivity index is 2.63. The van der Waals surface area contributed by atoms with Gasteiger partial charge >= 0.3 is 0 Å². The van der Waals surface area contributed by atoms with Crippen LogP contribution < -0.4 is 5.32 Å². The van der Waals surface area contributed by atoms with E-state index in [-0.39, 0.29) is 19.0 Å². The van der Waals surface area contributed by atoms with E-state index in [0.717, 1.165) is 0 Å². The first-order valence-corrected chi connectivity index (χ1v) is 4.43. The van der Waals surface area contributed by atoms with Crippen LogP contribution in [0.2, 0.25) is 0 Å². The van der Waals surface area contributed by atoms with Crippen molar-refractivity contribution in [3.63, 3.8) is 0 Å². The van der Waals surface area contributed by atoms with Crippen LogP contribution in [0.1, 0.15) is 5.56 Å². The molecule has 14 heavy (non-hydrogen) atoms. The highest BCUT2D eigenvalue weighted by Crippen LogP contribution is 2.16. The van der Waals surface area contributed by atoms with Gasteiger partial charge < -0.3 is 15.5 Å². The molecule has 1 aromatic rings. The van der Waals surface area contributed by atoms with Crippen LogP contribution in [0.5, 0.6) is 0 Å². The molecular weight excluding hydrogens is 185 g/mol. The minimum Gasteiger partial charge on any atom is -0.394 e. The first-order chi connectivity index (χ1) is 6.65. The molecule has 0 aliphatic heterocycles. The molecule has 0 saturated carbocycles. The van der Waals surface area contributed by atoms with Gasteiger partial charge in [0, 0.05) is 6.54 Å². The molecule has 0 amide bonds. The monoisotopic (exact) mass is 199 g/mol. The summed E-state index contributed by atoms with van der Waals surface area (Å²) < 4.78 is 13.3. The van der Waals surface area contributed by atoms with Crippen LogP contribution in [-0.4, -0.2) is 29.5 Å². The third kappa shape index (κ3) is 2.68. The van der Waals surface area contributed by atoms with Crippen molar-refractivity contribution in [2.45, 2.75) is 13.0 Å². The van der Waals surface area contributed by atoms with Gasteiger partial charge in [-0.1, -0.05) is 12.1 Å². The quantitative estimate of drug-likeness (QED) is 0.675. The van der Waals surface area contributed by atoms with E-state index in [4.69, 9.17) is 10.2 Å². The summed E-state index contributed by atoms with van der Waals surface area (Å²) >= 11 is 0. The van der Waals surface area contributed by atoms with Crippen molar-refractivity contribution >= 4 is 5.69 Å². The Hall–Kier alpha value is -1.13. The molecule has 0 bridgehead atoms. The Bertz CT molecular complexity index is 304. The van der Waals surface area contributed by atoms with Crippen molar-refractivity contribution in [1.29, 1.82) is 0 Å². The van der Waals surface area contributed by atoms with Gasteiger partial charge in [0.2, 0.25) is 0 Å². The van der Waals surface area contributed by atoms with Crippen molar-refractivity contribution in [1.82, 2.24) is 0 Å². The maximum absolute atomic E-state index is 13.3. The van der Waals surface area contributed by atoms with Gasteiger partial charge in [0.15, 0.2) is 0 Å². The Morgan fingerprint density at radius 3 is 2.86 bits per heavy atom. The smallest absolute Gasteiger partial charge is 0.149 e. The Morgan fingerprint density at radius 2 is 2.21 bits per heavy atom. The van der Waals surface area contributed by atoms with Gasteiger partial charge in [0.1, 0.15) is 5.82 Å². The number of aliphatic hydroxyl groups is 2. The third-order valence-electron chi connectivity index (χ3n) is 1.93. The van der Waals surface area contributed by atoms with Crippen LogP contribution in [-0.2, 0) is 0 Å². The number of halogens is 1. The third-order valence-corrected chi connectivity index (χ3v) is 1.93. The molecule has 1 rings (SSSR count). The van der Waals surface area contributed by atoms with Gasteiger partial charge in [-0.25, -0.2) is 4.39 Å². The summed E-state index contributed by atoms with van der Waals surface area (Å²) in [6.45, 7) is 1.47. The van der Waals surface area contributed by atoms with Crippen LogP contribution in [0.4, 0.5) is 10.1 Å². The molecule has 0 aliphatic carbocycles. The summed E-state index contributed by atoms with van der Waals surface area (Å²) in [5.41, 5.74) is 0.894. The summed E-state index contributed by atoms with van der Waals surface area (Å²) in [5.74, 6) is -0.322. The molecular formula is C10H14FNO2. The van der Waals surface area contributed by atoms with E-state index in [0.29, 0.717) is 11.3 Å². The fourth-order valence-electron chi connectivity index (χ4n) is 1.08. The topological polar surface area (TPSA) is 52.5 Å². The zero-order chi connectivity index (χ0) is 10.6. The average Bonchev–Trinajstić information content (AvgIpc) is 2.20. The highest BCUT2D eigenvalue weighted by atomic mass is 19.1. The van der Waals surface area contributed by atoms with Gasteiger partial charge in [-0.05, 0) is 18.6 Å². The van der Waals surface area contributed by atoms with Gasteiger partial charge in [0.05, 0.1) is 18.4 Å². The lowest BCUT2D eigenvalue weighted by Gasteiger charge is -2.11. The lowest BCUT2D eigenvalue weighted by atomic mass is 10.2. The summed E-state index contributed by atoms with van der Waals surface area (Å²) in [5, 5.41) is 20.3. The minimum absolute atomic E-state index is 0.136. The number of aliphatic hydroxyl groups excluding tert-OH is 2. The van der Waals surface area contributed by atoms with Gasteiger partial charge in [-0.3, -0.25) is 0 Å². The second-order valence-corrected chi connectivity index (χ2v) is 3.15. The second kappa shape index (κ2) is 4.93. The molecule has 0 aliphatic rings. The molecule has 1 atom stereocenters. The van der Waals surface area contributed by atoms with Crippen LogP contribution in [0, 0.1) is 12.7 Å². The largest absolute Gasteiger partial charge is 0.394 e. The van der Waals surface area contributed by atoms with Crippen molar-refractivity contribution in [2.75, 3.05) is 18.5 Å². The summed E-state index contributed by atoms with van der Waals surface area (Å²) in [6.07, 6.45) is -0.866. The maximum Gasteiger partial charge on any atom is 0.149 e. The molecule has 1 aromatic carbocycles. The number of nitrogens with one attached hydrogen (secondary N) is 1. The summed E-state index contributed by atoms with van der Waals surface area (Å²) in [4.78, 5) is 0. The van der Waals surface area contributed by atoms with E-state index in [1.54, 1.807) is 25.1 Å². The maximum atomic E-state index is 13.3. The Labute approximate surface area is 82.2 Å². The van der Waals surface area contributed by atoms with E-state index >= 15 is 0 Å². The Kier molecular flexibility index (Phi) is 3.85. The molecule has 3 N–H and O–H groups in total. The van der Waals surface area contributed by atoms with Gasteiger partial charge in [-0.15, -0.1) is 0 Å². The lowest BCUT2D eigenvalue weighted by Crippen LogP contribution is -2.23. The predicted molar refractivity (Wildman–Crippen MR) is 52.7 cm³/mol. The van der Waals surface area contributed by atoms with Gasteiger partial charge in [-0.2, -0.15) is 0 Å². The first kappa shape index (κ1) is 10.9. The predicted octanol–water partition coefficient (Wildman–Crippen LogP) is 0.899. The van der Waals surface area contributed by atoms with Gasteiger partial charge in [0.25, 0.3) is 0 Å². The molecule has 78 valence electrons. The van der Waals surface area contributed by atoms with E-state index in [1.807, 2.05) is 0 Å². The van der Waals surface area contributed by atoms with Crippen LogP contribution in [0.3, 0.4) is 0 Å². The molecule has 0 aromatic heterocycles. The molecule has 3 nitrogen and oxygen atoms in total. The van der Waals surface area contributed by atoms with E-state index in [2.05, 4.69) is 5.32 Å². The van der Waals surface area contributed by atoms with E-state index in [9.17, 15) is 4.39 Å². The molecule has 0 spiro atoms. The van der Waals surface area contributed by atoms with Crippen LogP contribution in [0.15, 0.2) is 18.2 Å². The fourth-order valence-corrected chi connectivity index (χ4v) is 1.08. The number of hydrogen-bond donors (Lipinski definition) is 3. The first-order valence-electron chi connectivity index (χ1n) is 4.43. The number of anilines is 1. The van der Waals surface area contributed by atoms with Crippen LogP contribution >= 0.6 is 0 Å². The summed E-state index contributed by atoms with van der Waals surface area (Å²) in [6, 6.07) is 4.99. The zero-order valence-electron chi connectivity index (χ0n) is 8.00. The Morgan fingerprint density at radius 1 is 1.50 bits per heavy atom.